The Bertz CT molecular complexity index is 93.1. The zero-order chi connectivity index (χ0) is 7.28. The first-order valence-electron chi connectivity index (χ1n) is 3.20. The summed E-state index contributed by atoms with van der Waals surface area (Å²) in [6.45, 7) is 5.20. The summed E-state index contributed by atoms with van der Waals surface area (Å²) in [5.74, 6) is 0.659. The van der Waals surface area contributed by atoms with E-state index >= 15 is 0 Å². The van der Waals surface area contributed by atoms with Crippen molar-refractivity contribution in [3.63, 3.8) is 0 Å². The van der Waals surface area contributed by atoms with Gasteiger partial charge in [-0.25, -0.2) is 0 Å². The molecule has 0 aromatic carbocycles. The fourth-order valence-electron chi connectivity index (χ4n) is 0.419. The maximum absolute atomic E-state index is 5.22. The first-order chi connectivity index (χ1) is 4.16. The van der Waals surface area contributed by atoms with E-state index in [2.05, 4.69) is 31.4 Å². The molecule has 0 aliphatic rings. The van der Waals surface area contributed by atoms with Crippen molar-refractivity contribution >= 4 is 17.3 Å². The van der Waals surface area contributed by atoms with E-state index in [4.69, 9.17) is 5.73 Å². The van der Waals surface area contributed by atoms with Crippen molar-refractivity contribution < 1.29 is 0 Å². The van der Waals surface area contributed by atoms with E-state index in [0.717, 1.165) is 13.0 Å². The van der Waals surface area contributed by atoms with E-state index < -0.39 is 0 Å². The van der Waals surface area contributed by atoms with Gasteiger partial charge in [0.25, 0.3) is 0 Å². The van der Waals surface area contributed by atoms with Crippen LogP contribution in [-0.4, -0.2) is 11.7 Å². The third-order valence-corrected chi connectivity index (χ3v) is 1.47. The number of nitrogens with two attached hydrogens (primary N) is 1. The molecule has 2 nitrogen and oxygen atoms in total. The summed E-state index contributed by atoms with van der Waals surface area (Å²) < 4.78 is 0. The summed E-state index contributed by atoms with van der Waals surface area (Å²) in [5.41, 5.74) is 5.22. The number of rotatable bonds is 3. The molecule has 0 heterocycles. The molecule has 0 amide bonds. The highest BCUT2D eigenvalue weighted by molar-refractivity contribution is 7.80. The molecular weight excluding hydrogens is 132 g/mol. The lowest BCUT2D eigenvalue weighted by Gasteiger charge is -2.08. The van der Waals surface area contributed by atoms with E-state index in [1.807, 2.05) is 0 Å². The molecular formula is C6H14N2S. The zero-order valence-electron chi connectivity index (χ0n) is 5.98. The fraction of sp³-hybridized carbons (Fsp3) is 0.833. The van der Waals surface area contributed by atoms with Crippen molar-refractivity contribution in [2.24, 2.45) is 11.7 Å². The van der Waals surface area contributed by atoms with Crippen molar-refractivity contribution in [1.29, 1.82) is 0 Å². The second-order valence-electron chi connectivity index (χ2n) is 2.26. The van der Waals surface area contributed by atoms with Crippen LogP contribution in [0.5, 0.6) is 0 Å². The molecule has 0 unspecified atom stereocenters. The van der Waals surface area contributed by atoms with Gasteiger partial charge in [-0.2, -0.15) is 0 Å². The largest absolute Gasteiger partial charge is 0.376 e. The number of thiocarbonyl (C=S) groups is 1. The number of hydrogen-bond acceptors (Lipinski definition) is 1. The van der Waals surface area contributed by atoms with Gasteiger partial charge in [-0.1, -0.05) is 20.3 Å². The van der Waals surface area contributed by atoms with Crippen LogP contribution in [0.1, 0.15) is 20.3 Å². The summed E-state index contributed by atoms with van der Waals surface area (Å²) in [4.78, 5) is 0. The van der Waals surface area contributed by atoms with E-state index in [9.17, 15) is 0 Å². The Hall–Kier alpha value is -0.310. The van der Waals surface area contributed by atoms with Crippen molar-refractivity contribution in [2.45, 2.75) is 20.3 Å². The molecule has 0 spiro atoms. The van der Waals surface area contributed by atoms with Gasteiger partial charge in [0.15, 0.2) is 5.11 Å². The number of nitrogens with one attached hydrogen (secondary N) is 1. The second kappa shape index (κ2) is 4.56. The SMILES string of the molecule is CC[C@H](C)CNC(N)=S. The molecule has 54 valence electrons. The summed E-state index contributed by atoms with van der Waals surface area (Å²) in [5, 5.41) is 3.30. The summed E-state index contributed by atoms with van der Waals surface area (Å²) >= 11 is 4.63. The van der Waals surface area contributed by atoms with E-state index in [0.29, 0.717) is 11.0 Å². The summed E-state index contributed by atoms with van der Waals surface area (Å²) in [7, 11) is 0. The van der Waals surface area contributed by atoms with Crippen LogP contribution in [0.15, 0.2) is 0 Å². The molecule has 0 aliphatic heterocycles. The van der Waals surface area contributed by atoms with Crippen LogP contribution in [0, 0.1) is 5.92 Å². The average Bonchev–Trinajstić information content (AvgIpc) is 1.83. The lowest BCUT2D eigenvalue weighted by molar-refractivity contribution is 0.549. The van der Waals surface area contributed by atoms with Gasteiger partial charge >= 0.3 is 0 Å². The number of hydrogen-bond donors (Lipinski definition) is 2. The van der Waals surface area contributed by atoms with Gasteiger partial charge in [-0.05, 0) is 18.1 Å². The van der Waals surface area contributed by atoms with Crippen LogP contribution < -0.4 is 11.1 Å². The third-order valence-electron chi connectivity index (χ3n) is 1.32. The quantitative estimate of drug-likeness (QED) is 0.580. The van der Waals surface area contributed by atoms with Crippen LogP contribution in [0.3, 0.4) is 0 Å². The monoisotopic (exact) mass is 146 g/mol. The van der Waals surface area contributed by atoms with Gasteiger partial charge in [0.1, 0.15) is 0 Å². The maximum atomic E-state index is 5.22. The highest BCUT2D eigenvalue weighted by Gasteiger charge is 1.96. The highest BCUT2D eigenvalue weighted by atomic mass is 32.1. The molecule has 0 radical (unpaired) electrons. The Morgan fingerprint density at radius 1 is 1.78 bits per heavy atom. The van der Waals surface area contributed by atoms with Crippen LogP contribution in [-0.2, 0) is 0 Å². The minimum Gasteiger partial charge on any atom is -0.376 e. The molecule has 3 N–H and O–H groups in total. The van der Waals surface area contributed by atoms with Gasteiger partial charge in [-0.15, -0.1) is 0 Å². The van der Waals surface area contributed by atoms with Crippen LogP contribution >= 0.6 is 12.2 Å². The van der Waals surface area contributed by atoms with E-state index in [1.54, 1.807) is 0 Å². The van der Waals surface area contributed by atoms with E-state index in [1.165, 1.54) is 0 Å². The molecule has 0 rings (SSSR count). The van der Waals surface area contributed by atoms with Crippen LogP contribution in [0.4, 0.5) is 0 Å². The highest BCUT2D eigenvalue weighted by Crippen LogP contribution is 1.96. The Morgan fingerprint density at radius 2 is 2.33 bits per heavy atom. The predicted octanol–water partition coefficient (Wildman–Crippen LogP) is 0.866. The molecule has 0 saturated heterocycles. The smallest absolute Gasteiger partial charge is 0.163 e. The Kier molecular flexibility index (Phi) is 4.40. The summed E-state index contributed by atoms with van der Waals surface area (Å²) in [6.07, 6.45) is 1.16. The molecule has 0 aromatic rings. The first kappa shape index (κ1) is 8.69. The van der Waals surface area contributed by atoms with Crippen molar-refractivity contribution in [3.8, 4) is 0 Å². The van der Waals surface area contributed by atoms with Gasteiger partial charge < -0.3 is 11.1 Å². The summed E-state index contributed by atoms with van der Waals surface area (Å²) in [6, 6.07) is 0. The molecule has 0 aliphatic carbocycles. The van der Waals surface area contributed by atoms with Crippen molar-refractivity contribution in [1.82, 2.24) is 5.32 Å². The minimum atomic E-state index is 0.398. The second-order valence-corrected chi connectivity index (χ2v) is 2.70. The van der Waals surface area contributed by atoms with Gasteiger partial charge in [0, 0.05) is 6.54 Å². The average molecular weight is 146 g/mol. The normalized spacial score (nSPS) is 12.7. The minimum absolute atomic E-state index is 0.398. The fourth-order valence-corrected chi connectivity index (χ4v) is 0.502. The topological polar surface area (TPSA) is 38.0 Å². The first-order valence-corrected chi connectivity index (χ1v) is 3.61. The molecule has 0 saturated carbocycles. The van der Waals surface area contributed by atoms with Crippen molar-refractivity contribution in [2.75, 3.05) is 6.54 Å². The predicted molar refractivity (Wildman–Crippen MR) is 44.2 cm³/mol. The molecule has 3 heteroatoms. The van der Waals surface area contributed by atoms with Gasteiger partial charge in [0.05, 0.1) is 0 Å². The maximum Gasteiger partial charge on any atom is 0.163 e. The Morgan fingerprint density at radius 3 is 2.67 bits per heavy atom. The van der Waals surface area contributed by atoms with Crippen molar-refractivity contribution in [3.05, 3.63) is 0 Å². The lowest BCUT2D eigenvalue weighted by atomic mass is 10.1. The molecule has 0 aromatic heterocycles. The standard InChI is InChI=1S/C6H14N2S/c1-3-5(2)4-8-6(7)9/h5H,3-4H2,1-2H3,(H3,7,8,9)/t5-/m0/s1. The van der Waals surface area contributed by atoms with Gasteiger partial charge in [0.2, 0.25) is 0 Å². The van der Waals surface area contributed by atoms with Gasteiger partial charge in [-0.3, -0.25) is 0 Å². The van der Waals surface area contributed by atoms with E-state index in [-0.39, 0.29) is 0 Å². The lowest BCUT2D eigenvalue weighted by Crippen LogP contribution is -2.32. The van der Waals surface area contributed by atoms with Crippen LogP contribution in [0.2, 0.25) is 0 Å². The zero-order valence-corrected chi connectivity index (χ0v) is 6.79. The third kappa shape index (κ3) is 5.56. The molecule has 0 fully saturated rings. The Labute approximate surface area is 61.8 Å². The molecule has 9 heavy (non-hydrogen) atoms. The Balaban J connectivity index is 3.16. The molecule has 0 bridgehead atoms. The van der Waals surface area contributed by atoms with Crippen LogP contribution in [0.25, 0.3) is 0 Å². The molecule has 1 atom stereocenters.